The number of hydrogen-bond donors (Lipinski definition) is 1. The molecular formula is C26H26F3N3O3. The van der Waals surface area contributed by atoms with Crippen molar-refractivity contribution in [3.8, 4) is 11.1 Å². The van der Waals surface area contributed by atoms with Crippen LogP contribution in [0.15, 0.2) is 36.5 Å². The van der Waals surface area contributed by atoms with Gasteiger partial charge in [0.25, 0.3) is 0 Å². The van der Waals surface area contributed by atoms with Gasteiger partial charge in [-0.3, -0.25) is 14.6 Å². The third kappa shape index (κ3) is 4.76. The van der Waals surface area contributed by atoms with Gasteiger partial charge < -0.3 is 14.6 Å². The zero-order valence-electron chi connectivity index (χ0n) is 19.3. The van der Waals surface area contributed by atoms with E-state index in [9.17, 15) is 27.9 Å². The number of amides is 1. The molecule has 5 rings (SSSR count). The van der Waals surface area contributed by atoms with Crippen LogP contribution in [0, 0.1) is 5.92 Å². The summed E-state index contributed by atoms with van der Waals surface area (Å²) in [6.45, 7) is 1.95. The highest BCUT2D eigenvalue weighted by molar-refractivity contribution is 5.95. The van der Waals surface area contributed by atoms with Crippen LogP contribution in [-0.4, -0.2) is 38.0 Å². The van der Waals surface area contributed by atoms with E-state index in [1.165, 1.54) is 6.07 Å². The molecule has 2 aliphatic carbocycles. The Labute approximate surface area is 200 Å². The topological polar surface area (TPSA) is 75.4 Å². The van der Waals surface area contributed by atoms with Crippen LogP contribution in [0.3, 0.4) is 0 Å². The van der Waals surface area contributed by atoms with Gasteiger partial charge in [0.1, 0.15) is 6.54 Å². The molecule has 1 N–H and O–H groups in total. The van der Waals surface area contributed by atoms with E-state index < -0.39 is 17.7 Å². The predicted molar refractivity (Wildman–Crippen MR) is 124 cm³/mol. The molecule has 0 spiro atoms. The van der Waals surface area contributed by atoms with Crippen LogP contribution in [0.4, 0.5) is 13.2 Å². The predicted octanol–water partition coefficient (Wildman–Crippen LogP) is 5.44. The molecule has 184 valence electrons. The first kappa shape index (κ1) is 23.4. The van der Waals surface area contributed by atoms with Crippen LogP contribution in [0.2, 0.25) is 0 Å². The molecule has 35 heavy (non-hydrogen) atoms. The summed E-state index contributed by atoms with van der Waals surface area (Å²) >= 11 is 0. The third-order valence-corrected chi connectivity index (χ3v) is 6.75. The van der Waals surface area contributed by atoms with Crippen molar-refractivity contribution in [2.24, 2.45) is 5.92 Å². The number of carbonyl (C=O) groups excluding carboxylic acids is 1. The van der Waals surface area contributed by atoms with Gasteiger partial charge in [0.05, 0.1) is 16.6 Å². The van der Waals surface area contributed by atoms with Crippen LogP contribution in [-0.2, 0) is 28.9 Å². The summed E-state index contributed by atoms with van der Waals surface area (Å²) in [4.78, 5) is 30.6. The number of alkyl halides is 3. The second-order valence-corrected chi connectivity index (χ2v) is 9.44. The molecule has 0 bridgehead atoms. The highest BCUT2D eigenvalue weighted by Gasteiger charge is 2.35. The molecule has 1 aromatic carbocycles. The molecule has 1 amide bonds. The van der Waals surface area contributed by atoms with Gasteiger partial charge in [-0.25, -0.2) is 0 Å². The Morgan fingerprint density at radius 2 is 1.86 bits per heavy atom. The van der Waals surface area contributed by atoms with Crippen LogP contribution < -0.4 is 0 Å². The number of aliphatic carboxylic acids is 1. The monoisotopic (exact) mass is 485 g/mol. The SMILES string of the molecule is CCN(Cc1cc(C(F)(F)F)ccc1-c1cn(CC(=O)O)c2ccc(C3CC3)nc12)C(=O)C1CC1. The van der Waals surface area contributed by atoms with Gasteiger partial charge in [0, 0.05) is 42.4 Å². The van der Waals surface area contributed by atoms with E-state index in [4.69, 9.17) is 4.98 Å². The molecule has 2 aromatic heterocycles. The van der Waals surface area contributed by atoms with Crippen LogP contribution >= 0.6 is 0 Å². The van der Waals surface area contributed by atoms with Crippen molar-refractivity contribution in [2.75, 3.05) is 6.54 Å². The van der Waals surface area contributed by atoms with Crippen LogP contribution in [0.25, 0.3) is 22.2 Å². The number of halogens is 3. The Morgan fingerprint density at radius 1 is 1.11 bits per heavy atom. The Bertz CT molecular complexity index is 1310. The minimum Gasteiger partial charge on any atom is -0.480 e. The van der Waals surface area contributed by atoms with E-state index in [-0.39, 0.29) is 24.9 Å². The number of carbonyl (C=O) groups is 2. The summed E-state index contributed by atoms with van der Waals surface area (Å²) < 4.78 is 42.4. The summed E-state index contributed by atoms with van der Waals surface area (Å²) in [6, 6.07) is 7.27. The van der Waals surface area contributed by atoms with E-state index in [1.807, 2.05) is 19.1 Å². The Kier molecular flexibility index (Phi) is 5.81. The number of pyridine rings is 1. The van der Waals surface area contributed by atoms with Gasteiger partial charge in [-0.2, -0.15) is 13.2 Å². The number of carboxylic acids is 1. The zero-order chi connectivity index (χ0) is 24.9. The van der Waals surface area contributed by atoms with E-state index in [0.29, 0.717) is 40.2 Å². The van der Waals surface area contributed by atoms with Gasteiger partial charge in [-0.15, -0.1) is 0 Å². The maximum absolute atomic E-state index is 13.6. The van der Waals surface area contributed by atoms with Crippen molar-refractivity contribution in [2.45, 2.75) is 57.8 Å². The van der Waals surface area contributed by atoms with Gasteiger partial charge in [0.15, 0.2) is 0 Å². The number of rotatable bonds is 8. The second-order valence-electron chi connectivity index (χ2n) is 9.44. The minimum atomic E-state index is -4.53. The molecule has 0 unspecified atom stereocenters. The summed E-state index contributed by atoms with van der Waals surface area (Å²) in [5, 5.41) is 9.40. The molecule has 3 aromatic rings. The maximum atomic E-state index is 13.6. The molecule has 6 nitrogen and oxygen atoms in total. The van der Waals surface area contributed by atoms with Crippen molar-refractivity contribution < 1.29 is 27.9 Å². The number of benzene rings is 1. The normalized spacial score (nSPS) is 16.0. The summed E-state index contributed by atoms with van der Waals surface area (Å²) in [6.07, 6.45) is 0.795. The van der Waals surface area contributed by atoms with Crippen molar-refractivity contribution in [1.29, 1.82) is 0 Å². The highest BCUT2D eigenvalue weighted by atomic mass is 19.4. The fourth-order valence-corrected chi connectivity index (χ4v) is 4.57. The molecule has 0 atom stereocenters. The van der Waals surface area contributed by atoms with Crippen LogP contribution in [0.5, 0.6) is 0 Å². The van der Waals surface area contributed by atoms with Crippen molar-refractivity contribution >= 4 is 22.9 Å². The van der Waals surface area contributed by atoms with E-state index in [0.717, 1.165) is 43.5 Å². The van der Waals surface area contributed by atoms with Crippen LogP contribution in [0.1, 0.15) is 55.3 Å². The molecule has 2 fully saturated rings. The molecule has 2 saturated carbocycles. The lowest BCUT2D eigenvalue weighted by Gasteiger charge is -2.23. The van der Waals surface area contributed by atoms with Crippen molar-refractivity contribution in [1.82, 2.24) is 14.5 Å². The molecule has 9 heteroatoms. The summed E-state index contributed by atoms with van der Waals surface area (Å²) in [5.74, 6) is -0.767. The van der Waals surface area contributed by atoms with Gasteiger partial charge in [0.2, 0.25) is 5.91 Å². The number of hydrogen-bond acceptors (Lipinski definition) is 3. The van der Waals surface area contributed by atoms with Crippen molar-refractivity contribution in [3.63, 3.8) is 0 Å². The minimum absolute atomic E-state index is 0.0407. The van der Waals surface area contributed by atoms with Crippen molar-refractivity contribution in [3.05, 3.63) is 53.3 Å². The largest absolute Gasteiger partial charge is 0.480 e. The summed E-state index contributed by atoms with van der Waals surface area (Å²) in [7, 11) is 0. The van der Waals surface area contributed by atoms with Gasteiger partial charge >= 0.3 is 12.1 Å². The Morgan fingerprint density at radius 3 is 2.46 bits per heavy atom. The lowest BCUT2D eigenvalue weighted by molar-refractivity contribution is -0.138. The molecule has 0 saturated heterocycles. The number of fused-ring (bicyclic) bond motifs is 1. The number of nitrogens with zero attached hydrogens (tertiary/aromatic N) is 3. The van der Waals surface area contributed by atoms with E-state index in [2.05, 4.69) is 0 Å². The first-order chi connectivity index (χ1) is 16.7. The molecule has 0 radical (unpaired) electrons. The summed E-state index contributed by atoms with van der Waals surface area (Å²) in [5.41, 5.74) is 2.75. The molecule has 2 aliphatic rings. The second kappa shape index (κ2) is 8.70. The Hall–Kier alpha value is -3.36. The van der Waals surface area contributed by atoms with E-state index in [1.54, 1.807) is 15.7 Å². The average molecular weight is 486 g/mol. The quantitative estimate of drug-likeness (QED) is 0.461. The average Bonchev–Trinajstić information content (AvgIpc) is 3.73. The molecule has 2 heterocycles. The fraction of sp³-hybridized carbons (Fsp3) is 0.423. The Balaban J connectivity index is 1.66. The smallest absolute Gasteiger partial charge is 0.416 e. The van der Waals surface area contributed by atoms with Gasteiger partial charge in [-0.05, 0) is 68.0 Å². The number of carboxylic acid groups (broad SMARTS) is 1. The highest BCUT2D eigenvalue weighted by Crippen LogP contribution is 2.42. The van der Waals surface area contributed by atoms with E-state index >= 15 is 0 Å². The first-order valence-electron chi connectivity index (χ1n) is 11.9. The molecular weight excluding hydrogens is 459 g/mol. The fourth-order valence-electron chi connectivity index (χ4n) is 4.57. The number of aromatic nitrogens is 2. The van der Waals surface area contributed by atoms with Gasteiger partial charge in [-0.1, -0.05) is 6.07 Å². The third-order valence-electron chi connectivity index (χ3n) is 6.75. The standard InChI is InChI=1S/C26H26F3N3O3/c1-2-31(25(35)16-5-6-16)12-17-11-18(26(27,28)29)7-8-19(17)20-13-32(14-23(33)34)22-10-9-21(15-3-4-15)30-24(20)22/h7-11,13,15-16H,2-6,12,14H2,1H3,(H,33,34). The molecule has 0 aliphatic heterocycles. The maximum Gasteiger partial charge on any atom is 0.416 e. The zero-order valence-corrected chi connectivity index (χ0v) is 19.3. The lowest BCUT2D eigenvalue weighted by Crippen LogP contribution is -2.31. The first-order valence-corrected chi connectivity index (χ1v) is 11.9. The lowest BCUT2D eigenvalue weighted by atomic mass is 9.97.